The second-order valence-corrected chi connectivity index (χ2v) is 5.06. The first kappa shape index (κ1) is 15.4. The minimum Gasteiger partial charge on any atom is -0.396 e. The second kappa shape index (κ2) is 6.74. The Kier molecular flexibility index (Phi) is 4.33. The van der Waals surface area contributed by atoms with Crippen LogP contribution in [0.2, 0.25) is 0 Å². The number of rotatable bonds is 5. The van der Waals surface area contributed by atoms with Gasteiger partial charge in [0.15, 0.2) is 0 Å². The van der Waals surface area contributed by atoms with E-state index in [0.717, 1.165) is 5.69 Å². The standard InChI is InChI=1S/C17H17FN6/c18-12-6-8-14(9-7-12)24-11-21-16(17(24)20)15(19)10-22-23-13-4-2-1-3-5-13/h1-11,22-23H,19-20H2/b15-10-. The first-order chi connectivity index (χ1) is 11.6. The highest BCUT2D eigenvalue weighted by atomic mass is 19.1. The molecule has 0 saturated heterocycles. The number of aromatic nitrogens is 2. The summed E-state index contributed by atoms with van der Waals surface area (Å²) in [4.78, 5) is 4.22. The number of benzene rings is 2. The number of hydrazine groups is 1. The van der Waals surface area contributed by atoms with Gasteiger partial charge in [0.05, 0.1) is 11.4 Å². The Bertz CT molecular complexity index is 839. The number of nitrogens with zero attached hydrogens (tertiary/aromatic N) is 2. The van der Waals surface area contributed by atoms with Crippen molar-refractivity contribution in [1.29, 1.82) is 0 Å². The number of nitrogens with two attached hydrogens (primary N) is 2. The van der Waals surface area contributed by atoms with Crippen molar-refractivity contribution in [2.45, 2.75) is 0 Å². The lowest BCUT2D eigenvalue weighted by atomic mass is 10.3. The maximum Gasteiger partial charge on any atom is 0.137 e. The van der Waals surface area contributed by atoms with Gasteiger partial charge in [-0.05, 0) is 36.4 Å². The summed E-state index contributed by atoms with van der Waals surface area (Å²) in [6, 6.07) is 15.5. The van der Waals surface area contributed by atoms with Crippen LogP contribution < -0.4 is 22.3 Å². The molecule has 7 heteroatoms. The van der Waals surface area contributed by atoms with E-state index in [1.165, 1.54) is 12.1 Å². The molecule has 24 heavy (non-hydrogen) atoms. The van der Waals surface area contributed by atoms with Gasteiger partial charge in [-0.1, -0.05) is 18.2 Å². The predicted octanol–water partition coefficient (Wildman–Crippen LogP) is 2.47. The lowest BCUT2D eigenvalue weighted by molar-refractivity contribution is 0.627. The highest BCUT2D eigenvalue weighted by Crippen LogP contribution is 2.20. The molecule has 3 aromatic rings. The van der Waals surface area contributed by atoms with Crippen LogP contribution in [-0.4, -0.2) is 9.55 Å². The highest BCUT2D eigenvalue weighted by molar-refractivity contribution is 5.69. The number of imidazole rings is 1. The van der Waals surface area contributed by atoms with Crippen LogP contribution in [-0.2, 0) is 0 Å². The van der Waals surface area contributed by atoms with Crippen molar-refractivity contribution in [3.8, 4) is 5.69 Å². The Morgan fingerprint density at radius 3 is 2.50 bits per heavy atom. The van der Waals surface area contributed by atoms with E-state index in [9.17, 15) is 4.39 Å². The molecule has 3 rings (SSSR count). The van der Waals surface area contributed by atoms with Gasteiger partial charge < -0.3 is 22.3 Å². The number of halogens is 1. The fraction of sp³-hybridized carbons (Fsp3) is 0. The van der Waals surface area contributed by atoms with Gasteiger partial charge in [0.2, 0.25) is 0 Å². The quantitative estimate of drug-likeness (QED) is 0.541. The fourth-order valence-corrected chi connectivity index (χ4v) is 2.17. The third-order valence-corrected chi connectivity index (χ3v) is 3.40. The minimum absolute atomic E-state index is 0.312. The SMILES string of the molecule is N/C(=C\NNc1ccccc1)c1ncn(-c2ccc(F)cc2)c1N. The first-order valence-corrected chi connectivity index (χ1v) is 7.26. The summed E-state index contributed by atoms with van der Waals surface area (Å²) >= 11 is 0. The molecule has 0 spiro atoms. The van der Waals surface area contributed by atoms with E-state index in [-0.39, 0.29) is 5.82 Å². The summed E-state index contributed by atoms with van der Waals surface area (Å²) in [6.45, 7) is 0. The average molecular weight is 324 g/mol. The molecular weight excluding hydrogens is 307 g/mol. The Morgan fingerprint density at radius 1 is 1.08 bits per heavy atom. The zero-order valence-electron chi connectivity index (χ0n) is 12.8. The smallest absolute Gasteiger partial charge is 0.137 e. The number of anilines is 2. The van der Waals surface area contributed by atoms with Gasteiger partial charge in [-0.15, -0.1) is 0 Å². The Balaban J connectivity index is 1.74. The van der Waals surface area contributed by atoms with Crippen molar-refractivity contribution in [2.75, 3.05) is 11.2 Å². The molecule has 1 heterocycles. The second-order valence-electron chi connectivity index (χ2n) is 5.06. The van der Waals surface area contributed by atoms with Crippen LogP contribution in [0.1, 0.15) is 5.69 Å². The van der Waals surface area contributed by atoms with Gasteiger partial charge in [0, 0.05) is 11.9 Å². The zero-order chi connectivity index (χ0) is 16.9. The molecule has 0 fully saturated rings. The number of para-hydroxylation sites is 1. The van der Waals surface area contributed by atoms with E-state index in [1.54, 1.807) is 29.2 Å². The Labute approximate surface area is 138 Å². The van der Waals surface area contributed by atoms with E-state index >= 15 is 0 Å². The molecule has 1 aromatic heterocycles. The van der Waals surface area contributed by atoms with E-state index < -0.39 is 0 Å². The topological polar surface area (TPSA) is 93.9 Å². The number of nitrogens with one attached hydrogen (secondary N) is 2. The summed E-state index contributed by atoms with van der Waals surface area (Å²) in [6.07, 6.45) is 3.12. The molecule has 0 aliphatic carbocycles. The van der Waals surface area contributed by atoms with Crippen molar-refractivity contribution in [3.63, 3.8) is 0 Å². The monoisotopic (exact) mass is 324 g/mol. The van der Waals surface area contributed by atoms with Crippen LogP contribution >= 0.6 is 0 Å². The predicted molar refractivity (Wildman–Crippen MR) is 93.3 cm³/mol. The summed E-state index contributed by atoms with van der Waals surface area (Å²) in [5.41, 5.74) is 20.4. The summed E-state index contributed by atoms with van der Waals surface area (Å²) in [5, 5.41) is 0. The molecule has 6 N–H and O–H groups in total. The van der Waals surface area contributed by atoms with Crippen LogP contribution in [0.4, 0.5) is 15.9 Å². The molecule has 2 aromatic carbocycles. The van der Waals surface area contributed by atoms with Crippen molar-refractivity contribution < 1.29 is 4.39 Å². The summed E-state index contributed by atoms with van der Waals surface area (Å²) in [7, 11) is 0. The van der Waals surface area contributed by atoms with Gasteiger partial charge in [0.1, 0.15) is 23.7 Å². The van der Waals surface area contributed by atoms with Crippen molar-refractivity contribution in [1.82, 2.24) is 15.0 Å². The van der Waals surface area contributed by atoms with Crippen molar-refractivity contribution in [2.24, 2.45) is 5.73 Å². The summed E-state index contributed by atoms with van der Waals surface area (Å²) in [5.74, 6) is 0.0603. The van der Waals surface area contributed by atoms with Crippen LogP contribution in [0.3, 0.4) is 0 Å². The van der Waals surface area contributed by atoms with Crippen LogP contribution in [0, 0.1) is 5.82 Å². The lowest BCUT2D eigenvalue weighted by Crippen LogP contribution is -2.17. The highest BCUT2D eigenvalue weighted by Gasteiger charge is 2.11. The number of hydrogen-bond donors (Lipinski definition) is 4. The lowest BCUT2D eigenvalue weighted by Gasteiger charge is -2.08. The molecule has 0 amide bonds. The summed E-state index contributed by atoms with van der Waals surface area (Å²) < 4.78 is 14.7. The molecule has 0 saturated carbocycles. The van der Waals surface area contributed by atoms with E-state index in [0.29, 0.717) is 22.9 Å². The third-order valence-electron chi connectivity index (χ3n) is 3.40. The van der Waals surface area contributed by atoms with E-state index in [2.05, 4.69) is 15.8 Å². The Morgan fingerprint density at radius 2 is 1.79 bits per heavy atom. The van der Waals surface area contributed by atoms with Gasteiger partial charge in [-0.2, -0.15) is 0 Å². The maximum atomic E-state index is 13.0. The normalized spacial score (nSPS) is 11.3. The molecule has 6 nitrogen and oxygen atoms in total. The van der Waals surface area contributed by atoms with Gasteiger partial charge in [-0.3, -0.25) is 4.57 Å². The molecule has 0 aliphatic heterocycles. The van der Waals surface area contributed by atoms with Crippen LogP contribution in [0.5, 0.6) is 0 Å². The fourth-order valence-electron chi connectivity index (χ4n) is 2.17. The molecule has 0 bridgehead atoms. The van der Waals surface area contributed by atoms with Crippen LogP contribution in [0.15, 0.2) is 67.1 Å². The van der Waals surface area contributed by atoms with Crippen molar-refractivity contribution in [3.05, 3.63) is 78.6 Å². The molecule has 0 radical (unpaired) electrons. The molecule has 0 aliphatic rings. The van der Waals surface area contributed by atoms with Crippen LogP contribution in [0.25, 0.3) is 11.4 Å². The molecule has 122 valence electrons. The van der Waals surface area contributed by atoms with E-state index in [1.807, 2.05) is 30.3 Å². The Hall–Kier alpha value is -3.48. The molecule has 0 atom stereocenters. The van der Waals surface area contributed by atoms with Crippen molar-refractivity contribution >= 4 is 17.2 Å². The molecular formula is C17H17FN6. The average Bonchev–Trinajstić information content (AvgIpc) is 2.98. The maximum absolute atomic E-state index is 13.0. The third kappa shape index (κ3) is 3.30. The molecule has 0 unspecified atom stereocenters. The number of nitrogen functional groups attached to an aromatic ring is 1. The number of hydrogen-bond acceptors (Lipinski definition) is 5. The largest absolute Gasteiger partial charge is 0.396 e. The van der Waals surface area contributed by atoms with Gasteiger partial charge in [0.25, 0.3) is 0 Å². The van der Waals surface area contributed by atoms with Gasteiger partial charge in [-0.25, -0.2) is 9.37 Å². The minimum atomic E-state index is -0.312. The van der Waals surface area contributed by atoms with Gasteiger partial charge >= 0.3 is 0 Å². The first-order valence-electron chi connectivity index (χ1n) is 7.26. The zero-order valence-corrected chi connectivity index (χ0v) is 12.8. The van der Waals surface area contributed by atoms with E-state index in [4.69, 9.17) is 11.5 Å².